The Bertz CT molecular complexity index is 294. The van der Waals surface area contributed by atoms with Gasteiger partial charge in [0.15, 0.2) is 0 Å². The predicted molar refractivity (Wildman–Crippen MR) is 56.0 cm³/mol. The highest BCUT2D eigenvalue weighted by molar-refractivity contribution is 5.57. The zero-order valence-electron chi connectivity index (χ0n) is 8.03. The number of rotatable bonds is 2. The zero-order chi connectivity index (χ0) is 9.26. The van der Waals surface area contributed by atoms with E-state index in [0.29, 0.717) is 0 Å². The molecule has 0 fully saturated rings. The molecule has 1 aliphatic heterocycles. The summed E-state index contributed by atoms with van der Waals surface area (Å²) in [4.78, 5) is 2.38. The summed E-state index contributed by atoms with van der Waals surface area (Å²) in [5, 5.41) is 0. The molecule has 0 spiro atoms. The van der Waals surface area contributed by atoms with Crippen LogP contribution in [0.2, 0.25) is 0 Å². The number of nitrogens with two attached hydrogens (primary N) is 1. The number of anilines is 1. The van der Waals surface area contributed by atoms with E-state index < -0.39 is 0 Å². The van der Waals surface area contributed by atoms with Gasteiger partial charge in [-0.15, -0.1) is 0 Å². The molecular weight excluding hydrogens is 160 g/mol. The molecule has 2 N–H and O–H groups in total. The van der Waals surface area contributed by atoms with Crippen LogP contribution in [0.15, 0.2) is 24.3 Å². The van der Waals surface area contributed by atoms with E-state index in [9.17, 15) is 0 Å². The average Bonchev–Trinajstić information content (AvgIpc) is 2.48. The fourth-order valence-electron chi connectivity index (χ4n) is 1.94. The standard InChI is InChI=1S/C11H16N2/c1-9(12)8-13-7-6-10-4-2-3-5-11(10)13/h2-5,9H,6-8,12H2,1H3/t9-/m0/s1. The van der Waals surface area contributed by atoms with Crippen molar-refractivity contribution in [3.63, 3.8) is 0 Å². The normalized spacial score (nSPS) is 17.2. The second kappa shape index (κ2) is 3.38. The smallest absolute Gasteiger partial charge is 0.0400 e. The van der Waals surface area contributed by atoms with Gasteiger partial charge in [-0.3, -0.25) is 0 Å². The molecule has 0 amide bonds. The van der Waals surface area contributed by atoms with Crippen molar-refractivity contribution in [2.75, 3.05) is 18.0 Å². The lowest BCUT2D eigenvalue weighted by Crippen LogP contribution is -2.34. The van der Waals surface area contributed by atoms with Gasteiger partial charge in [-0.1, -0.05) is 18.2 Å². The molecule has 1 heterocycles. The van der Waals surface area contributed by atoms with Crippen LogP contribution in [-0.2, 0) is 6.42 Å². The Morgan fingerprint density at radius 3 is 3.00 bits per heavy atom. The number of hydrogen-bond acceptors (Lipinski definition) is 2. The summed E-state index contributed by atoms with van der Waals surface area (Å²) < 4.78 is 0. The Hall–Kier alpha value is -1.02. The van der Waals surface area contributed by atoms with Gasteiger partial charge in [0, 0.05) is 24.8 Å². The van der Waals surface area contributed by atoms with Crippen molar-refractivity contribution in [3.05, 3.63) is 29.8 Å². The summed E-state index contributed by atoms with van der Waals surface area (Å²) in [7, 11) is 0. The van der Waals surface area contributed by atoms with Crippen molar-refractivity contribution in [2.24, 2.45) is 5.73 Å². The third-order valence-electron chi connectivity index (χ3n) is 2.49. The third-order valence-corrected chi connectivity index (χ3v) is 2.49. The van der Waals surface area contributed by atoms with Crippen LogP contribution in [-0.4, -0.2) is 19.1 Å². The lowest BCUT2D eigenvalue weighted by atomic mass is 10.2. The van der Waals surface area contributed by atoms with E-state index >= 15 is 0 Å². The van der Waals surface area contributed by atoms with Crippen LogP contribution >= 0.6 is 0 Å². The SMILES string of the molecule is C[C@H](N)CN1CCc2ccccc21. The second-order valence-corrected chi connectivity index (χ2v) is 3.80. The lowest BCUT2D eigenvalue weighted by Gasteiger charge is -2.21. The highest BCUT2D eigenvalue weighted by atomic mass is 15.2. The minimum atomic E-state index is 0.256. The minimum absolute atomic E-state index is 0.256. The van der Waals surface area contributed by atoms with E-state index in [1.165, 1.54) is 17.7 Å². The van der Waals surface area contributed by atoms with E-state index in [1.54, 1.807) is 0 Å². The van der Waals surface area contributed by atoms with Crippen LogP contribution in [0.25, 0.3) is 0 Å². The largest absolute Gasteiger partial charge is 0.369 e. The van der Waals surface area contributed by atoms with E-state index in [1.807, 2.05) is 0 Å². The molecule has 0 radical (unpaired) electrons. The zero-order valence-corrected chi connectivity index (χ0v) is 8.03. The number of nitrogens with zero attached hydrogens (tertiary/aromatic N) is 1. The Labute approximate surface area is 79.4 Å². The summed E-state index contributed by atoms with van der Waals surface area (Å²) in [6, 6.07) is 8.85. The van der Waals surface area contributed by atoms with E-state index in [0.717, 1.165) is 13.1 Å². The number of hydrogen-bond donors (Lipinski definition) is 1. The highest BCUT2D eigenvalue weighted by Crippen LogP contribution is 2.26. The van der Waals surface area contributed by atoms with Crippen molar-refractivity contribution >= 4 is 5.69 Å². The molecule has 2 rings (SSSR count). The summed E-state index contributed by atoms with van der Waals surface area (Å²) in [5.74, 6) is 0. The first kappa shape index (κ1) is 8.57. The van der Waals surface area contributed by atoms with Gasteiger partial charge in [-0.05, 0) is 25.0 Å². The van der Waals surface area contributed by atoms with Crippen LogP contribution in [0.5, 0.6) is 0 Å². The maximum absolute atomic E-state index is 5.79. The first-order valence-corrected chi connectivity index (χ1v) is 4.86. The van der Waals surface area contributed by atoms with Crippen LogP contribution in [0.4, 0.5) is 5.69 Å². The van der Waals surface area contributed by atoms with Gasteiger partial charge in [0.2, 0.25) is 0 Å². The number of fused-ring (bicyclic) bond motifs is 1. The maximum atomic E-state index is 5.79. The van der Waals surface area contributed by atoms with Crippen molar-refractivity contribution in [1.29, 1.82) is 0 Å². The first-order valence-electron chi connectivity index (χ1n) is 4.86. The molecule has 0 aromatic heterocycles. The maximum Gasteiger partial charge on any atom is 0.0400 e. The van der Waals surface area contributed by atoms with Crippen LogP contribution < -0.4 is 10.6 Å². The molecule has 1 aliphatic rings. The molecule has 0 bridgehead atoms. The summed E-state index contributed by atoms with van der Waals surface area (Å²) in [6.07, 6.45) is 1.17. The van der Waals surface area contributed by atoms with Crippen molar-refractivity contribution in [2.45, 2.75) is 19.4 Å². The van der Waals surface area contributed by atoms with Gasteiger partial charge < -0.3 is 10.6 Å². The molecule has 1 atom stereocenters. The summed E-state index contributed by atoms with van der Waals surface area (Å²) in [6.45, 7) is 4.15. The highest BCUT2D eigenvalue weighted by Gasteiger charge is 2.18. The van der Waals surface area contributed by atoms with Crippen molar-refractivity contribution in [3.8, 4) is 0 Å². The quantitative estimate of drug-likeness (QED) is 0.738. The molecule has 1 aromatic carbocycles. The monoisotopic (exact) mass is 176 g/mol. The Kier molecular flexibility index (Phi) is 2.23. The number of para-hydroxylation sites is 1. The summed E-state index contributed by atoms with van der Waals surface area (Å²) in [5.41, 5.74) is 8.62. The fourth-order valence-corrected chi connectivity index (χ4v) is 1.94. The number of benzene rings is 1. The van der Waals surface area contributed by atoms with Gasteiger partial charge in [0.05, 0.1) is 0 Å². The molecule has 0 saturated carbocycles. The van der Waals surface area contributed by atoms with E-state index in [2.05, 4.69) is 36.1 Å². The van der Waals surface area contributed by atoms with Gasteiger partial charge in [0.1, 0.15) is 0 Å². The van der Waals surface area contributed by atoms with E-state index in [-0.39, 0.29) is 6.04 Å². The van der Waals surface area contributed by atoms with Crippen LogP contribution in [0.3, 0.4) is 0 Å². The first-order chi connectivity index (χ1) is 6.27. The van der Waals surface area contributed by atoms with Crippen molar-refractivity contribution in [1.82, 2.24) is 0 Å². The molecule has 0 saturated heterocycles. The molecule has 70 valence electrons. The second-order valence-electron chi connectivity index (χ2n) is 3.80. The predicted octanol–water partition coefficient (Wildman–Crippen LogP) is 1.40. The Balaban J connectivity index is 2.18. The third kappa shape index (κ3) is 1.68. The van der Waals surface area contributed by atoms with E-state index in [4.69, 9.17) is 5.73 Å². The van der Waals surface area contributed by atoms with Gasteiger partial charge in [-0.2, -0.15) is 0 Å². The van der Waals surface area contributed by atoms with Gasteiger partial charge in [0.25, 0.3) is 0 Å². The molecule has 2 nitrogen and oxygen atoms in total. The van der Waals surface area contributed by atoms with Crippen LogP contribution in [0, 0.1) is 0 Å². The lowest BCUT2D eigenvalue weighted by molar-refractivity contribution is 0.693. The van der Waals surface area contributed by atoms with Gasteiger partial charge in [-0.25, -0.2) is 0 Å². The molecule has 1 aromatic rings. The molecule has 0 unspecified atom stereocenters. The minimum Gasteiger partial charge on any atom is -0.369 e. The Morgan fingerprint density at radius 1 is 1.46 bits per heavy atom. The molecule has 2 heteroatoms. The fraction of sp³-hybridized carbons (Fsp3) is 0.455. The van der Waals surface area contributed by atoms with Crippen molar-refractivity contribution < 1.29 is 0 Å². The molecule has 13 heavy (non-hydrogen) atoms. The average molecular weight is 176 g/mol. The van der Waals surface area contributed by atoms with Crippen LogP contribution in [0.1, 0.15) is 12.5 Å². The van der Waals surface area contributed by atoms with Gasteiger partial charge >= 0.3 is 0 Å². The topological polar surface area (TPSA) is 29.3 Å². The molecular formula is C11H16N2. The Morgan fingerprint density at radius 2 is 2.23 bits per heavy atom. The molecule has 0 aliphatic carbocycles. The summed E-state index contributed by atoms with van der Waals surface area (Å²) >= 11 is 0.